The number of rotatable bonds is 9. The van der Waals surface area contributed by atoms with Gasteiger partial charge in [-0.3, -0.25) is 10.1 Å². The minimum absolute atomic E-state index is 0.216. The number of nitrogens with zero attached hydrogens (tertiary/aromatic N) is 1. The smallest absolute Gasteiger partial charge is 0.250 e. The van der Waals surface area contributed by atoms with Gasteiger partial charge in [0.2, 0.25) is 5.91 Å². The number of carbonyl (C=O) groups is 1. The van der Waals surface area contributed by atoms with Crippen LogP contribution in [0.5, 0.6) is 0 Å². The lowest BCUT2D eigenvalue weighted by atomic mass is 10.2. The molecule has 1 amide bonds. The molecule has 0 heterocycles. The fourth-order valence-corrected chi connectivity index (χ4v) is 2.68. The molecule has 1 aromatic carbocycles. The zero-order chi connectivity index (χ0) is 17.8. The summed E-state index contributed by atoms with van der Waals surface area (Å²) in [5, 5.41) is 6.24. The third kappa shape index (κ3) is 8.79. The van der Waals surface area contributed by atoms with Crippen molar-refractivity contribution in [3.05, 3.63) is 42.0 Å². The monoisotopic (exact) mass is 347 g/mol. The molecule has 1 atom stereocenters. The van der Waals surface area contributed by atoms with Gasteiger partial charge in [-0.2, -0.15) is 0 Å². The van der Waals surface area contributed by atoms with E-state index in [-0.39, 0.29) is 11.9 Å². The maximum absolute atomic E-state index is 11.9. The lowest BCUT2D eigenvalue weighted by Gasteiger charge is -2.20. The average Bonchev–Trinajstić information content (AvgIpc) is 2.57. The van der Waals surface area contributed by atoms with Crippen LogP contribution in [-0.4, -0.2) is 41.6 Å². The predicted molar refractivity (Wildman–Crippen MR) is 106 cm³/mol. The Balaban J connectivity index is 2.27. The average molecular weight is 348 g/mol. The Hall–Kier alpha value is -1.72. The Labute approximate surface area is 151 Å². The second-order valence-corrected chi connectivity index (χ2v) is 6.19. The Morgan fingerprint density at radius 3 is 2.54 bits per heavy atom. The zero-order valence-electron chi connectivity index (χ0n) is 14.9. The van der Waals surface area contributed by atoms with Crippen molar-refractivity contribution in [1.29, 1.82) is 0 Å². The molecule has 5 heteroatoms. The molecule has 0 aliphatic carbocycles. The van der Waals surface area contributed by atoms with Gasteiger partial charge in [0.1, 0.15) is 0 Å². The second kappa shape index (κ2) is 11.8. The highest BCUT2D eigenvalue weighted by Gasteiger charge is 2.07. The van der Waals surface area contributed by atoms with Gasteiger partial charge in [0.25, 0.3) is 0 Å². The molecule has 132 valence electrons. The number of hydrogen-bond donors (Lipinski definition) is 2. The lowest BCUT2D eigenvalue weighted by molar-refractivity contribution is -0.115. The van der Waals surface area contributed by atoms with Crippen LogP contribution >= 0.6 is 12.2 Å². The summed E-state index contributed by atoms with van der Waals surface area (Å²) in [6, 6.07) is 9.94. The van der Waals surface area contributed by atoms with Crippen LogP contribution in [0.25, 0.3) is 6.08 Å². The minimum atomic E-state index is -0.216. The number of nitrogens with one attached hydrogen (secondary N) is 2. The molecule has 0 aromatic heterocycles. The molecule has 0 aliphatic heterocycles. The summed E-state index contributed by atoms with van der Waals surface area (Å²) in [5.41, 5.74) is 0.983. The fraction of sp³-hybridized carbons (Fsp3) is 0.474. The number of benzene rings is 1. The highest BCUT2D eigenvalue weighted by molar-refractivity contribution is 7.80. The van der Waals surface area contributed by atoms with E-state index in [4.69, 9.17) is 12.2 Å². The second-order valence-electron chi connectivity index (χ2n) is 5.78. The molecule has 0 spiro atoms. The molecule has 1 aromatic rings. The SMILES string of the molecule is CCN(CC)CCCC(C)NC(=S)NC(=O)/C=C\c1ccccc1. The standard InChI is InChI=1S/C19H29N3OS/c1-4-22(5-2)15-9-10-16(3)20-19(24)21-18(23)14-13-17-11-7-6-8-12-17/h6-8,11-14,16H,4-5,9-10,15H2,1-3H3,(H2,20,21,23,24)/b14-13-. The first kappa shape index (κ1) is 20.3. The quantitative estimate of drug-likeness (QED) is 0.532. The maximum atomic E-state index is 11.9. The van der Waals surface area contributed by atoms with Crippen molar-refractivity contribution >= 4 is 29.3 Å². The molecule has 1 unspecified atom stereocenters. The summed E-state index contributed by atoms with van der Waals surface area (Å²) < 4.78 is 0. The minimum Gasteiger partial charge on any atom is -0.360 e. The normalized spacial score (nSPS) is 12.3. The van der Waals surface area contributed by atoms with E-state index in [0.717, 1.165) is 38.0 Å². The van der Waals surface area contributed by atoms with Gasteiger partial charge in [-0.05, 0) is 63.3 Å². The number of amides is 1. The molecule has 0 saturated carbocycles. The number of thiocarbonyl (C=S) groups is 1. The van der Waals surface area contributed by atoms with Crippen molar-refractivity contribution in [2.45, 2.75) is 39.7 Å². The Morgan fingerprint density at radius 2 is 1.92 bits per heavy atom. The molecule has 0 radical (unpaired) electrons. The van der Waals surface area contributed by atoms with Crippen molar-refractivity contribution in [2.24, 2.45) is 0 Å². The highest BCUT2D eigenvalue weighted by atomic mass is 32.1. The van der Waals surface area contributed by atoms with Gasteiger partial charge in [0, 0.05) is 12.1 Å². The van der Waals surface area contributed by atoms with Crippen LogP contribution < -0.4 is 10.6 Å². The molecular weight excluding hydrogens is 318 g/mol. The van der Waals surface area contributed by atoms with E-state index in [0.29, 0.717) is 5.11 Å². The van der Waals surface area contributed by atoms with Gasteiger partial charge in [-0.1, -0.05) is 44.2 Å². The topological polar surface area (TPSA) is 44.4 Å². The summed E-state index contributed by atoms with van der Waals surface area (Å²) in [5.74, 6) is -0.216. The van der Waals surface area contributed by atoms with Crippen molar-refractivity contribution in [2.75, 3.05) is 19.6 Å². The number of hydrogen-bond acceptors (Lipinski definition) is 3. The Kier molecular flexibility index (Phi) is 9.96. The van der Waals surface area contributed by atoms with E-state index < -0.39 is 0 Å². The van der Waals surface area contributed by atoms with E-state index in [9.17, 15) is 4.79 Å². The first-order valence-corrected chi connectivity index (χ1v) is 9.03. The third-order valence-electron chi connectivity index (χ3n) is 3.85. The largest absolute Gasteiger partial charge is 0.360 e. The first-order valence-electron chi connectivity index (χ1n) is 8.62. The molecule has 1 rings (SSSR count). The number of carbonyl (C=O) groups excluding carboxylic acids is 1. The van der Waals surface area contributed by atoms with E-state index in [2.05, 4.69) is 36.3 Å². The summed E-state index contributed by atoms with van der Waals surface area (Å²) in [4.78, 5) is 14.3. The van der Waals surface area contributed by atoms with E-state index in [1.54, 1.807) is 6.08 Å². The van der Waals surface area contributed by atoms with Crippen molar-refractivity contribution < 1.29 is 4.79 Å². The summed E-state index contributed by atoms with van der Waals surface area (Å²) in [7, 11) is 0. The summed E-state index contributed by atoms with van der Waals surface area (Å²) >= 11 is 5.20. The lowest BCUT2D eigenvalue weighted by Crippen LogP contribution is -2.43. The first-order chi connectivity index (χ1) is 11.5. The van der Waals surface area contributed by atoms with Gasteiger partial charge < -0.3 is 10.2 Å². The van der Waals surface area contributed by atoms with Gasteiger partial charge in [0.15, 0.2) is 5.11 Å². The van der Waals surface area contributed by atoms with E-state index in [1.165, 1.54) is 6.08 Å². The van der Waals surface area contributed by atoms with Crippen LogP contribution in [0.15, 0.2) is 36.4 Å². The Bertz CT molecular complexity index is 527. The van der Waals surface area contributed by atoms with Gasteiger partial charge in [-0.25, -0.2) is 0 Å². The molecule has 0 saturated heterocycles. The molecule has 0 fully saturated rings. The molecule has 0 aliphatic rings. The van der Waals surface area contributed by atoms with Crippen LogP contribution in [0.3, 0.4) is 0 Å². The predicted octanol–water partition coefficient (Wildman–Crippen LogP) is 3.20. The Morgan fingerprint density at radius 1 is 1.25 bits per heavy atom. The molecule has 0 bridgehead atoms. The van der Waals surface area contributed by atoms with Crippen LogP contribution in [-0.2, 0) is 4.79 Å². The van der Waals surface area contributed by atoms with Gasteiger partial charge >= 0.3 is 0 Å². The molecular formula is C19H29N3OS. The van der Waals surface area contributed by atoms with Crippen LogP contribution in [0.2, 0.25) is 0 Å². The van der Waals surface area contributed by atoms with Gasteiger partial charge in [-0.15, -0.1) is 0 Å². The summed E-state index contributed by atoms with van der Waals surface area (Å²) in [6.45, 7) is 9.71. The summed E-state index contributed by atoms with van der Waals surface area (Å²) in [6.07, 6.45) is 5.40. The molecule has 2 N–H and O–H groups in total. The zero-order valence-corrected chi connectivity index (χ0v) is 15.7. The van der Waals surface area contributed by atoms with Crippen LogP contribution in [0.4, 0.5) is 0 Å². The van der Waals surface area contributed by atoms with E-state index >= 15 is 0 Å². The fourth-order valence-electron chi connectivity index (χ4n) is 2.38. The van der Waals surface area contributed by atoms with Crippen molar-refractivity contribution in [3.8, 4) is 0 Å². The molecule has 4 nitrogen and oxygen atoms in total. The van der Waals surface area contributed by atoms with E-state index in [1.807, 2.05) is 30.3 Å². The van der Waals surface area contributed by atoms with Crippen LogP contribution in [0.1, 0.15) is 39.2 Å². The third-order valence-corrected chi connectivity index (χ3v) is 4.07. The van der Waals surface area contributed by atoms with Crippen LogP contribution in [0, 0.1) is 0 Å². The molecule has 24 heavy (non-hydrogen) atoms. The van der Waals surface area contributed by atoms with Crippen molar-refractivity contribution in [3.63, 3.8) is 0 Å². The van der Waals surface area contributed by atoms with Crippen molar-refractivity contribution in [1.82, 2.24) is 15.5 Å². The maximum Gasteiger partial charge on any atom is 0.250 e. The van der Waals surface area contributed by atoms with Gasteiger partial charge in [0.05, 0.1) is 0 Å². The highest BCUT2D eigenvalue weighted by Crippen LogP contribution is 2.01.